The predicted octanol–water partition coefficient (Wildman–Crippen LogP) is 2.17. The molecule has 2 unspecified atom stereocenters. The lowest BCUT2D eigenvalue weighted by Gasteiger charge is -2.39. The highest BCUT2D eigenvalue weighted by molar-refractivity contribution is 5.92. The summed E-state index contributed by atoms with van der Waals surface area (Å²) in [7, 11) is 1.51. The van der Waals surface area contributed by atoms with Crippen molar-refractivity contribution in [3.8, 4) is 0 Å². The first-order chi connectivity index (χ1) is 11.6. The van der Waals surface area contributed by atoms with Crippen molar-refractivity contribution in [3.05, 3.63) is 0 Å². The van der Waals surface area contributed by atoms with Crippen molar-refractivity contribution in [2.24, 2.45) is 22.7 Å². The molecule has 0 radical (unpaired) electrons. The van der Waals surface area contributed by atoms with Gasteiger partial charge in [-0.2, -0.15) is 13.2 Å². The monoisotopic (exact) mass is 377 g/mol. The van der Waals surface area contributed by atoms with Gasteiger partial charge in [0.2, 0.25) is 11.8 Å². The van der Waals surface area contributed by atoms with Crippen LogP contribution < -0.4 is 10.6 Å². The fourth-order valence-electron chi connectivity index (χ4n) is 4.16. The van der Waals surface area contributed by atoms with Gasteiger partial charge >= 0.3 is 6.18 Å². The third kappa shape index (κ3) is 3.57. The van der Waals surface area contributed by atoms with Crippen molar-refractivity contribution in [3.63, 3.8) is 0 Å². The third-order valence-corrected chi connectivity index (χ3v) is 6.03. The molecule has 1 heterocycles. The van der Waals surface area contributed by atoms with Crippen molar-refractivity contribution in [1.82, 2.24) is 15.5 Å². The van der Waals surface area contributed by atoms with Gasteiger partial charge in [-0.15, -0.1) is 0 Å². The average Bonchev–Trinajstić information content (AvgIpc) is 2.85. The van der Waals surface area contributed by atoms with E-state index in [4.69, 9.17) is 0 Å². The van der Waals surface area contributed by atoms with E-state index in [2.05, 4.69) is 24.5 Å². The topological polar surface area (TPSA) is 61.4 Å². The zero-order valence-electron chi connectivity index (χ0n) is 16.5. The minimum atomic E-state index is -4.45. The van der Waals surface area contributed by atoms with Gasteiger partial charge in [0.05, 0.1) is 6.04 Å². The summed E-state index contributed by atoms with van der Waals surface area (Å²) in [6, 6.07) is -3.48. The molecule has 2 fully saturated rings. The molecule has 2 aliphatic rings. The molecule has 0 aromatic rings. The standard InChI is InChI=1S/C18H30F3N3O2/c1-9(18(19,20)21)23-13(16(2,3)4)15(26)24-8-10-11(17(10,5)6)12(24)14(25)22-7/h9-13,23H,8H2,1-7H3,(H,22,25)/t9?,10-,11-,12-,13?/m0/s1. The Hall–Kier alpha value is -1.31. The molecule has 2 N–H and O–H groups in total. The van der Waals surface area contributed by atoms with Crippen LogP contribution in [0.15, 0.2) is 0 Å². The molecule has 0 aromatic carbocycles. The molecule has 26 heavy (non-hydrogen) atoms. The van der Waals surface area contributed by atoms with E-state index in [1.54, 1.807) is 20.8 Å². The molecule has 5 atom stereocenters. The Labute approximate surface area is 153 Å². The summed E-state index contributed by atoms with van der Waals surface area (Å²) in [5.74, 6) is -0.445. The minimum Gasteiger partial charge on any atom is -0.357 e. The van der Waals surface area contributed by atoms with Crippen molar-refractivity contribution >= 4 is 11.8 Å². The molecule has 150 valence electrons. The van der Waals surface area contributed by atoms with Gasteiger partial charge in [-0.25, -0.2) is 0 Å². The van der Waals surface area contributed by atoms with Crippen molar-refractivity contribution < 1.29 is 22.8 Å². The quantitative estimate of drug-likeness (QED) is 0.789. The second-order valence-corrected chi connectivity index (χ2v) is 9.23. The first-order valence-corrected chi connectivity index (χ1v) is 8.98. The number of nitrogens with one attached hydrogen (secondary N) is 2. The number of nitrogens with zero attached hydrogens (tertiary/aromatic N) is 1. The predicted molar refractivity (Wildman–Crippen MR) is 92.2 cm³/mol. The van der Waals surface area contributed by atoms with Gasteiger partial charge in [0, 0.05) is 13.6 Å². The Morgan fingerprint density at radius 3 is 2.15 bits per heavy atom. The minimum absolute atomic E-state index is 0.0299. The highest BCUT2D eigenvalue weighted by Gasteiger charge is 2.69. The second-order valence-electron chi connectivity index (χ2n) is 9.23. The Bertz CT molecular complexity index is 583. The van der Waals surface area contributed by atoms with E-state index in [1.165, 1.54) is 11.9 Å². The number of fused-ring (bicyclic) bond motifs is 1. The van der Waals surface area contributed by atoms with E-state index in [1.807, 2.05) is 0 Å². The average molecular weight is 377 g/mol. The van der Waals surface area contributed by atoms with Gasteiger partial charge in [0.25, 0.3) is 0 Å². The normalized spacial score (nSPS) is 29.8. The molecule has 0 spiro atoms. The largest absolute Gasteiger partial charge is 0.403 e. The molecule has 0 aromatic heterocycles. The molecule has 2 amide bonds. The summed E-state index contributed by atoms with van der Waals surface area (Å²) in [6.45, 7) is 10.7. The summed E-state index contributed by atoms with van der Waals surface area (Å²) in [5, 5.41) is 5.05. The number of rotatable bonds is 4. The number of alkyl halides is 3. The maximum absolute atomic E-state index is 13.2. The number of carbonyl (C=O) groups excluding carboxylic acids is 2. The molecule has 1 aliphatic carbocycles. The number of likely N-dealkylation sites (N-methyl/N-ethyl adjacent to an activating group) is 1. The van der Waals surface area contributed by atoms with Crippen LogP contribution in [0.5, 0.6) is 0 Å². The van der Waals surface area contributed by atoms with Gasteiger partial charge in [-0.05, 0) is 29.6 Å². The van der Waals surface area contributed by atoms with E-state index in [9.17, 15) is 22.8 Å². The number of hydrogen-bond acceptors (Lipinski definition) is 3. The van der Waals surface area contributed by atoms with Crippen LogP contribution in [0.4, 0.5) is 13.2 Å². The van der Waals surface area contributed by atoms with Crippen LogP contribution in [-0.2, 0) is 9.59 Å². The number of piperidine rings is 1. The molecule has 8 heteroatoms. The maximum atomic E-state index is 13.2. The van der Waals surface area contributed by atoms with Crippen LogP contribution in [-0.4, -0.2) is 54.6 Å². The summed E-state index contributed by atoms with van der Waals surface area (Å²) < 4.78 is 39.1. The van der Waals surface area contributed by atoms with E-state index in [0.717, 1.165) is 6.92 Å². The first kappa shape index (κ1) is 21.0. The molecule has 5 nitrogen and oxygen atoms in total. The van der Waals surface area contributed by atoms with Crippen molar-refractivity contribution in [2.75, 3.05) is 13.6 Å². The van der Waals surface area contributed by atoms with Gasteiger partial charge in [-0.1, -0.05) is 34.6 Å². The Morgan fingerprint density at radius 2 is 1.73 bits per heavy atom. The lowest BCUT2D eigenvalue weighted by molar-refractivity contribution is -0.160. The number of amides is 2. The molecular weight excluding hydrogens is 347 g/mol. The van der Waals surface area contributed by atoms with Crippen LogP contribution in [0.2, 0.25) is 0 Å². The van der Waals surface area contributed by atoms with E-state index >= 15 is 0 Å². The Balaban J connectivity index is 2.27. The highest BCUT2D eigenvalue weighted by atomic mass is 19.4. The number of hydrogen-bond donors (Lipinski definition) is 2. The fourth-order valence-corrected chi connectivity index (χ4v) is 4.16. The maximum Gasteiger partial charge on any atom is 0.403 e. The number of halogens is 3. The lowest BCUT2D eigenvalue weighted by Crippen LogP contribution is -2.61. The summed E-state index contributed by atoms with van der Waals surface area (Å²) in [5.41, 5.74) is -0.760. The summed E-state index contributed by atoms with van der Waals surface area (Å²) in [4.78, 5) is 27.1. The van der Waals surface area contributed by atoms with Crippen molar-refractivity contribution in [2.45, 2.75) is 65.8 Å². The van der Waals surface area contributed by atoms with Gasteiger partial charge < -0.3 is 10.2 Å². The van der Waals surface area contributed by atoms with E-state index in [0.29, 0.717) is 6.54 Å². The third-order valence-electron chi connectivity index (χ3n) is 6.03. The van der Waals surface area contributed by atoms with Crippen molar-refractivity contribution in [1.29, 1.82) is 0 Å². The Morgan fingerprint density at radius 1 is 1.19 bits per heavy atom. The highest BCUT2D eigenvalue weighted by Crippen LogP contribution is 2.65. The molecule has 0 bridgehead atoms. The van der Waals surface area contributed by atoms with Crippen LogP contribution in [0, 0.1) is 22.7 Å². The summed E-state index contributed by atoms with van der Waals surface area (Å²) in [6.07, 6.45) is -4.45. The van der Waals surface area contributed by atoms with Crippen LogP contribution in [0.25, 0.3) is 0 Å². The van der Waals surface area contributed by atoms with Gasteiger partial charge in [0.1, 0.15) is 12.1 Å². The zero-order valence-corrected chi connectivity index (χ0v) is 16.5. The van der Waals surface area contributed by atoms with Crippen LogP contribution >= 0.6 is 0 Å². The second kappa shape index (κ2) is 6.39. The van der Waals surface area contributed by atoms with Crippen LogP contribution in [0.1, 0.15) is 41.5 Å². The Kier molecular flexibility index (Phi) is 5.16. The van der Waals surface area contributed by atoms with Gasteiger partial charge in [-0.3, -0.25) is 14.9 Å². The molecule has 1 aliphatic heterocycles. The van der Waals surface area contributed by atoms with Crippen LogP contribution in [0.3, 0.4) is 0 Å². The molecular formula is C18H30F3N3O2. The van der Waals surface area contributed by atoms with Gasteiger partial charge in [0.15, 0.2) is 0 Å². The fraction of sp³-hybridized carbons (Fsp3) is 0.889. The van der Waals surface area contributed by atoms with E-state index < -0.39 is 35.6 Å². The number of carbonyl (C=O) groups is 2. The summed E-state index contributed by atoms with van der Waals surface area (Å²) >= 11 is 0. The zero-order chi connectivity index (χ0) is 20.2. The molecule has 2 rings (SSSR count). The number of likely N-dealkylation sites (tertiary alicyclic amines) is 1. The SMILES string of the molecule is CNC(=O)[C@@H]1[C@@H]2[C@H](CN1C(=O)C(NC(C)C(F)(F)F)C(C)(C)C)C2(C)C. The van der Waals surface area contributed by atoms with E-state index in [-0.39, 0.29) is 23.2 Å². The first-order valence-electron chi connectivity index (χ1n) is 8.98. The molecule has 1 saturated carbocycles. The molecule has 1 saturated heterocycles. The smallest absolute Gasteiger partial charge is 0.357 e. The lowest BCUT2D eigenvalue weighted by atomic mass is 9.84.